The molecule has 4 N–H and O–H groups in total. The van der Waals surface area contributed by atoms with E-state index in [0.29, 0.717) is 47.2 Å². The average Bonchev–Trinajstić information content (AvgIpc) is 3.25. The molecule has 4 rings (SSSR count). The molecule has 0 unspecified atom stereocenters. The zero-order valence-corrected chi connectivity index (χ0v) is 19.0. The van der Waals surface area contributed by atoms with E-state index in [0.717, 1.165) is 31.6 Å². The minimum absolute atomic E-state index is 0.231. The van der Waals surface area contributed by atoms with Gasteiger partial charge in [-0.25, -0.2) is 9.37 Å². The highest BCUT2D eigenvalue weighted by atomic mass is 35.5. The van der Waals surface area contributed by atoms with Crippen molar-refractivity contribution in [3.63, 3.8) is 0 Å². The molecule has 2 aromatic heterocycles. The van der Waals surface area contributed by atoms with Crippen LogP contribution in [0.2, 0.25) is 0 Å². The number of H-pyrrole nitrogens is 1. The number of pyridine rings is 1. The van der Waals surface area contributed by atoms with Crippen LogP contribution in [-0.2, 0) is 0 Å². The van der Waals surface area contributed by atoms with E-state index in [1.165, 1.54) is 12.4 Å². The second-order valence-corrected chi connectivity index (χ2v) is 9.09. The molecule has 3 aromatic rings. The number of carbonyl (C=O) groups excluding carboxylic acids is 1. The van der Waals surface area contributed by atoms with Crippen LogP contribution in [0.1, 0.15) is 61.3 Å². The van der Waals surface area contributed by atoms with E-state index in [2.05, 4.69) is 27.2 Å². The number of imidazole rings is 1. The zero-order valence-electron chi connectivity index (χ0n) is 18.2. The number of aromatic nitrogens is 3. The van der Waals surface area contributed by atoms with Crippen molar-refractivity contribution in [1.82, 2.24) is 20.3 Å². The van der Waals surface area contributed by atoms with Crippen molar-refractivity contribution in [3.05, 3.63) is 47.8 Å². The van der Waals surface area contributed by atoms with Gasteiger partial charge in [0.2, 0.25) is 0 Å². The van der Waals surface area contributed by atoms with E-state index in [9.17, 15) is 4.79 Å². The van der Waals surface area contributed by atoms with E-state index in [1.807, 2.05) is 0 Å². The molecule has 8 heteroatoms. The molecule has 0 spiro atoms. The normalized spacial score (nSPS) is 19.8. The molecule has 170 valence electrons. The minimum atomic E-state index is -0.489. The summed E-state index contributed by atoms with van der Waals surface area (Å²) in [5, 5.41) is 2.81. The summed E-state index contributed by atoms with van der Waals surface area (Å²) in [5.41, 5.74) is 8.40. The molecule has 1 atom stereocenters. The van der Waals surface area contributed by atoms with Crippen LogP contribution < -0.4 is 11.1 Å². The second-order valence-electron chi connectivity index (χ2n) is 8.71. The maximum absolute atomic E-state index is 15.6. The lowest BCUT2D eigenvalue weighted by molar-refractivity contribution is 0.0954. The van der Waals surface area contributed by atoms with Crippen LogP contribution in [0.25, 0.3) is 22.2 Å². The SMILES string of the molecule is CC1CCC([C@H](N)c2nc3c(F)c(-c4cnccc4C(=O)NCCCCl)ccc3[nH]2)CC1. The predicted octanol–water partition coefficient (Wildman–Crippen LogP) is 4.95. The first kappa shape index (κ1) is 22.7. The molecule has 2 heterocycles. The van der Waals surface area contributed by atoms with E-state index in [4.69, 9.17) is 17.3 Å². The Labute approximate surface area is 192 Å². The van der Waals surface area contributed by atoms with Crippen molar-refractivity contribution in [2.45, 2.75) is 45.1 Å². The molecule has 0 radical (unpaired) electrons. The van der Waals surface area contributed by atoms with Gasteiger partial charge >= 0.3 is 0 Å². The predicted molar refractivity (Wildman–Crippen MR) is 125 cm³/mol. The van der Waals surface area contributed by atoms with Crippen molar-refractivity contribution >= 4 is 28.5 Å². The van der Waals surface area contributed by atoms with Gasteiger partial charge in [0.05, 0.1) is 17.1 Å². The fourth-order valence-corrected chi connectivity index (χ4v) is 4.60. The third-order valence-electron chi connectivity index (χ3n) is 6.45. The van der Waals surface area contributed by atoms with Gasteiger partial charge in [-0.1, -0.05) is 19.8 Å². The van der Waals surface area contributed by atoms with Gasteiger partial charge in [0.25, 0.3) is 5.91 Å². The Morgan fingerprint density at radius 3 is 2.81 bits per heavy atom. The monoisotopic (exact) mass is 457 g/mol. The van der Waals surface area contributed by atoms with Crippen molar-refractivity contribution < 1.29 is 9.18 Å². The summed E-state index contributed by atoms with van der Waals surface area (Å²) >= 11 is 5.68. The Morgan fingerprint density at radius 1 is 1.28 bits per heavy atom. The molecule has 1 aliphatic carbocycles. The van der Waals surface area contributed by atoms with Crippen LogP contribution in [0.4, 0.5) is 4.39 Å². The number of fused-ring (bicyclic) bond motifs is 1. The third kappa shape index (κ3) is 4.64. The van der Waals surface area contributed by atoms with Gasteiger partial charge in [-0.05, 0) is 49.3 Å². The van der Waals surface area contributed by atoms with Crippen molar-refractivity contribution in [2.24, 2.45) is 17.6 Å². The number of rotatable bonds is 7. The van der Waals surface area contributed by atoms with Gasteiger partial charge in [-0.3, -0.25) is 9.78 Å². The number of alkyl halides is 1. The summed E-state index contributed by atoms with van der Waals surface area (Å²) in [6.07, 6.45) is 8.12. The number of nitrogens with zero attached hydrogens (tertiary/aromatic N) is 2. The fourth-order valence-electron chi connectivity index (χ4n) is 4.47. The molecule has 1 fully saturated rings. The van der Waals surface area contributed by atoms with E-state index in [-0.39, 0.29) is 23.0 Å². The molecule has 1 aromatic carbocycles. The Hall–Kier alpha value is -2.51. The fraction of sp³-hybridized carbons (Fsp3) is 0.458. The number of nitrogens with one attached hydrogen (secondary N) is 2. The van der Waals surface area contributed by atoms with Gasteiger partial charge < -0.3 is 16.0 Å². The molecule has 1 aliphatic rings. The Balaban J connectivity index is 1.64. The van der Waals surface area contributed by atoms with Crippen LogP contribution in [0.5, 0.6) is 0 Å². The Bertz CT molecular complexity index is 1090. The van der Waals surface area contributed by atoms with Crippen molar-refractivity contribution in [3.8, 4) is 11.1 Å². The quantitative estimate of drug-likeness (QED) is 0.345. The van der Waals surface area contributed by atoms with Crippen molar-refractivity contribution in [2.75, 3.05) is 12.4 Å². The molecule has 1 saturated carbocycles. The number of benzene rings is 1. The second kappa shape index (κ2) is 9.96. The molecule has 1 amide bonds. The lowest BCUT2D eigenvalue weighted by atomic mass is 9.79. The largest absolute Gasteiger partial charge is 0.352 e. The molecule has 32 heavy (non-hydrogen) atoms. The summed E-state index contributed by atoms with van der Waals surface area (Å²) in [5.74, 6) is 1.37. The van der Waals surface area contributed by atoms with Crippen LogP contribution in [0.15, 0.2) is 30.6 Å². The number of nitrogens with two attached hydrogens (primary N) is 1. The first-order chi connectivity index (χ1) is 15.5. The van der Waals surface area contributed by atoms with E-state index >= 15 is 4.39 Å². The molecule has 0 bridgehead atoms. The van der Waals surface area contributed by atoms with E-state index in [1.54, 1.807) is 18.2 Å². The maximum atomic E-state index is 15.6. The molecular formula is C24H29ClFN5O. The number of amides is 1. The van der Waals surface area contributed by atoms with E-state index < -0.39 is 5.82 Å². The topological polar surface area (TPSA) is 96.7 Å². The molecule has 6 nitrogen and oxygen atoms in total. The van der Waals surface area contributed by atoms with Gasteiger partial charge in [-0.15, -0.1) is 11.6 Å². The summed E-state index contributed by atoms with van der Waals surface area (Å²) < 4.78 is 15.6. The maximum Gasteiger partial charge on any atom is 0.252 e. The average molecular weight is 458 g/mol. The Morgan fingerprint density at radius 2 is 2.06 bits per heavy atom. The van der Waals surface area contributed by atoms with Crippen LogP contribution in [0.3, 0.4) is 0 Å². The Kier molecular flexibility index (Phi) is 7.06. The first-order valence-corrected chi connectivity index (χ1v) is 11.7. The highest BCUT2D eigenvalue weighted by Gasteiger charge is 2.27. The number of aromatic amines is 1. The van der Waals surface area contributed by atoms with Crippen LogP contribution >= 0.6 is 11.6 Å². The minimum Gasteiger partial charge on any atom is -0.352 e. The number of hydrogen-bond donors (Lipinski definition) is 3. The van der Waals surface area contributed by atoms with Crippen LogP contribution in [-0.4, -0.2) is 33.3 Å². The molecule has 0 aliphatic heterocycles. The van der Waals surface area contributed by atoms with Gasteiger partial charge in [0.1, 0.15) is 11.3 Å². The standard InChI is InChI=1S/C24H29ClFN5O/c1-14-3-5-15(6-4-14)21(27)23-30-19-8-7-16(20(26)22(19)31-23)18-13-28-12-9-17(18)24(32)29-11-2-10-25/h7-9,12-15,21H,2-6,10-11,27H2,1H3,(H,29,32)(H,30,31)/t14?,15?,21-/m0/s1. The summed E-state index contributed by atoms with van der Waals surface area (Å²) in [4.78, 5) is 24.5. The lowest BCUT2D eigenvalue weighted by Gasteiger charge is -2.29. The van der Waals surface area contributed by atoms with Gasteiger partial charge in [-0.2, -0.15) is 0 Å². The molecular weight excluding hydrogens is 429 g/mol. The summed E-state index contributed by atoms with van der Waals surface area (Å²) in [6.45, 7) is 2.72. The number of hydrogen-bond acceptors (Lipinski definition) is 4. The number of carbonyl (C=O) groups is 1. The van der Waals surface area contributed by atoms with Crippen LogP contribution in [0, 0.1) is 17.7 Å². The zero-order chi connectivity index (χ0) is 22.7. The van der Waals surface area contributed by atoms with Crippen molar-refractivity contribution in [1.29, 1.82) is 0 Å². The highest BCUT2D eigenvalue weighted by molar-refractivity contribution is 6.17. The summed E-state index contributed by atoms with van der Waals surface area (Å²) in [7, 11) is 0. The lowest BCUT2D eigenvalue weighted by Crippen LogP contribution is -2.26. The summed E-state index contributed by atoms with van der Waals surface area (Å²) in [6, 6.07) is 4.77. The van der Waals surface area contributed by atoms with Gasteiger partial charge in [0, 0.05) is 35.9 Å². The number of halogens is 2. The smallest absolute Gasteiger partial charge is 0.252 e. The highest BCUT2D eigenvalue weighted by Crippen LogP contribution is 2.36. The molecule has 0 saturated heterocycles. The third-order valence-corrected chi connectivity index (χ3v) is 6.71. The first-order valence-electron chi connectivity index (χ1n) is 11.2. The van der Waals surface area contributed by atoms with Gasteiger partial charge in [0.15, 0.2) is 5.82 Å².